The van der Waals surface area contributed by atoms with Gasteiger partial charge in [0.05, 0.1) is 0 Å². The molecule has 136 valence electrons. The monoisotopic (exact) mass is 350 g/mol. The van der Waals surface area contributed by atoms with Gasteiger partial charge in [0.15, 0.2) is 11.5 Å². The fourth-order valence-electron chi connectivity index (χ4n) is 3.83. The molecule has 0 atom stereocenters. The van der Waals surface area contributed by atoms with E-state index < -0.39 is 0 Å². The van der Waals surface area contributed by atoms with Gasteiger partial charge in [0, 0.05) is 22.2 Å². The standard InChI is InChI=1S/C22H26N2O2/c1-14-6-7-15(2)21-20(14)17(5-3-4-10-23)22(24-21)16-8-9-18-19(13-16)26-12-11-25-18/h6-9,13,24H,3-5,10-12,23H2,1-2H3. The zero-order valence-electron chi connectivity index (χ0n) is 15.5. The molecule has 4 nitrogen and oxygen atoms in total. The molecular weight excluding hydrogens is 324 g/mol. The second-order valence-corrected chi connectivity index (χ2v) is 7.03. The third kappa shape index (κ3) is 2.95. The summed E-state index contributed by atoms with van der Waals surface area (Å²) in [4.78, 5) is 3.70. The highest BCUT2D eigenvalue weighted by molar-refractivity contribution is 5.95. The lowest BCUT2D eigenvalue weighted by Gasteiger charge is -2.19. The molecule has 1 aliphatic rings. The molecule has 0 unspecified atom stereocenters. The number of benzene rings is 2. The Kier molecular flexibility index (Phi) is 4.60. The third-order valence-electron chi connectivity index (χ3n) is 5.19. The van der Waals surface area contributed by atoms with Gasteiger partial charge in [-0.15, -0.1) is 0 Å². The average Bonchev–Trinajstić information content (AvgIpc) is 3.05. The molecule has 1 aromatic heterocycles. The van der Waals surface area contributed by atoms with Gasteiger partial charge in [-0.05, 0) is 74.5 Å². The van der Waals surface area contributed by atoms with Crippen LogP contribution in [0.1, 0.15) is 29.5 Å². The topological polar surface area (TPSA) is 60.3 Å². The summed E-state index contributed by atoms with van der Waals surface area (Å²) in [7, 11) is 0. The molecule has 0 radical (unpaired) electrons. The molecule has 0 fully saturated rings. The smallest absolute Gasteiger partial charge is 0.162 e. The van der Waals surface area contributed by atoms with Crippen LogP contribution in [0.4, 0.5) is 0 Å². The van der Waals surface area contributed by atoms with Crippen LogP contribution >= 0.6 is 0 Å². The Morgan fingerprint density at radius 2 is 1.73 bits per heavy atom. The summed E-state index contributed by atoms with van der Waals surface area (Å²) < 4.78 is 11.5. The number of unbranched alkanes of at least 4 members (excludes halogenated alkanes) is 1. The number of H-pyrrole nitrogens is 1. The maximum absolute atomic E-state index is 5.79. The Balaban J connectivity index is 1.87. The van der Waals surface area contributed by atoms with Crippen molar-refractivity contribution in [2.75, 3.05) is 19.8 Å². The Labute approximate surface area is 154 Å². The van der Waals surface area contributed by atoms with E-state index in [1.807, 2.05) is 6.07 Å². The summed E-state index contributed by atoms with van der Waals surface area (Å²) in [6.07, 6.45) is 3.15. The Bertz CT molecular complexity index is 943. The van der Waals surface area contributed by atoms with Crippen LogP contribution in [0.5, 0.6) is 11.5 Å². The first-order valence-electron chi connectivity index (χ1n) is 9.40. The number of aryl methyl sites for hydroxylation is 3. The normalized spacial score (nSPS) is 13.3. The van der Waals surface area contributed by atoms with Gasteiger partial charge in [-0.25, -0.2) is 0 Å². The van der Waals surface area contributed by atoms with Gasteiger partial charge < -0.3 is 20.2 Å². The lowest BCUT2D eigenvalue weighted by Crippen LogP contribution is -2.15. The van der Waals surface area contributed by atoms with Crippen molar-refractivity contribution < 1.29 is 9.47 Å². The van der Waals surface area contributed by atoms with Gasteiger partial charge in [0.2, 0.25) is 0 Å². The van der Waals surface area contributed by atoms with Crippen molar-refractivity contribution in [3.05, 3.63) is 47.0 Å². The van der Waals surface area contributed by atoms with E-state index in [4.69, 9.17) is 15.2 Å². The zero-order valence-corrected chi connectivity index (χ0v) is 15.5. The second-order valence-electron chi connectivity index (χ2n) is 7.03. The Hall–Kier alpha value is -2.46. The molecule has 1 aliphatic heterocycles. The predicted molar refractivity (Wildman–Crippen MR) is 106 cm³/mol. The number of hydrogen-bond acceptors (Lipinski definition) is 3. The summed E-state index contributed by atoms with van der Waals surface area (Å²) >= 11 is 0. The highest BCUT2D eigenvalue weighted by Crippen LogP contribution is 2.39. The Morgan fingerprint density at radius 3 is 2.54 bits per heavy atom. The molecule has 2 heterocycles. The molecule has 3 aromatic rings. The van der Waals surface area contributed by atoms with Crippen LogP contribution in [0.3, 0.4) is 0 Å². The lowest BCUT2D eigenvalue weighted by molar-refractivity contribution is 0.171. The molecule has 0 aliphatic carbocycles. The maximum atomic E-state index is 5.79. The number of hydrogen-bond donors (Lipinski definition) is 2. The number of nitrogens with two attached hydrogens (primary N) is 1. The highest BCUT2D eigenvalue weighted by atomic mass is 16.6. The zero-order chi connectivity index (χ0) is 18.1. The number of nitrogens with one attached hydrogen (secondary N) is 1. The third-order valence-corrected chi connectivity index (χ3v) is 5.19. The van der Waals surface area contributed by atoms with Gasteiger partial charge >= 0.3 is 0 Å². The quantitative estimate of drug-likeness (QED) is 0.666. The van der Waals surface area contributed by atoms with Crippen LogP contribution in [0.25, 0.3) is 22.2 Å². The van der Waals surface area contributed by atoms with E-state index >= 15 is 0 Å². The van der Waals surface area contributed by atoms with Crippen LogP contribution in [-0.4, -0.2) is 24.7 Å². The van der Waals surface area contributed by atoms with Gasteiger partial charge in [0.25, 0.3) is 0 Å². The van der Waals surface area contributed by atoms with Gasteiger partial charge in [0.1, 0.15) is 13.2 Å². The summed E-state index contributed by atoms with van der Waals surface area (Å²) in [5.41, 5.74) is 13.3. The Morgan fingerprint density at radius 1 is 0.962 bits per heavy atom. The average molecular weight is 350 g/mol. The number of aromatic nitrogens is 1. The number of ether oxygens (including phenoxy) is 2. The SMILES string of the molecule is Cc1ccc(C)c2c(CCCCN)c(-c3ccc4c(c3)OCCO4)[nH]c12. The van der Waals surface area contributed by atoms with Crippen molar-refractivity contribution in [3.8, 4) is 22.8 Å². The first-order chi connectivity index (χ1) is 12.7. The van der Waals surface area contributed by atoms with E-state index in [2.05, 4.69) is 43.1 Å². The van der Waals surface area contributed by atoms with Gasteiger partial charge in [-0.3, -0.25) is 0 Å². The van der Waals surface area contributed by atoms with Crippen molar-refractivity contribution in [1.29, 1.82) is 0 Å². The highest BCUT2D eigenvalue weighted by Gasteiger charge is 2.18. The molecule has 0 spiro atoms. The van der Waals surface area contributed by atoms with Crippen LogP contribution < -0.4 is 15.2 Å². The van der Waals surface area contributed by atoms with E-state index in [1.54, 1.807) is 0 Å². The summed E-state index contributed by atoms with van der Waals surface area (Å²) in [5.74, 6) is 1.65. The van der Waals surface area contributed by atoms with Gasteiger partial charge in [-0.2, -0.15) is 0 Å². The molecule has 4 heteroatoms. The number of aromatic amines is 1. The second kappa shape index (κ2) is 7.04. The van der Waals surface area contributed by atoms with E-state index in [-0.39, 0.29) is 0 Å². The van der Waals surface area contributed by atoms with Crippen molar-refractivity contribution in [1.82, 2.24) is 4.98 Å². The van der Waals surface area contributed by atoms with E-state index in [0.29, 0.717) is 13.2 Å². The number of fused-ring (bicyclic) bond motifs is 2. The molecule has 0 bridgehead atoms. The van der Waals surface area contributed by atoms with Crippen LogP contribution in [-0.2, 0) is 6.42 Å². The van der Waals surface area contributed by atoms with E-state index in [0.717, 1.165) is 42.9 Å². The van der Waals surface area contributed by atoms with Gasteiger partial charge in [-0.1, -0.05) is 12.1 Å². The van der Waals surface area contributed by atoms with Crippen LogP contribution in [0, 0.1) is 13.8 Å². The van der Waals surface area contributed by atoms with Crippen LogP contribution in [0.15, 0.2) is 30.3 Å². The minimum atomic E-state index is 0.602. The molecule has 0 saturated carbocycles. The summed E-state index contributed by atoms with van der Waals surface area (Å²) in [5, 5.41) is 1.35. The molecule has 3 N–H and O–H groups in total. The van der Waals surface area contributed by atoms with Crippen molar-refractivity contribution in [2.45, 2.75) is 33.1 Å². The molecular formula is C22H26N2O2. The molecule has 26 heavy (non-hydrogen) atoms. The maximum Gasteiger partial charge on any atom is 0.162 e. The van der Waals surface area contributed by atoms with E-state index in [1.165, 1.54) is 33.3 Å². The van der Waals surface area contributed by atoms with E-state index in [9.17, 15) is 0 Å². The first-order valence-corrected chi connectivity index (χ1v) is 9.40. The van der Waals surface area contributed by atoms with Crippen LogP contribution in [0.2, 0.25) is 0 Å². The van der Waals surface area contributed by atoms with Crippen molar-refractivity contribution in [2.24, 2.45) is 5.73 Å². The summed E-state index contributed by atoms with van der Waals surface area (Å²) in [6.45, 7) is 6.30. The minimum absolute atomic E-state index is 0.602. The fraction of sp³-hybridized carbons (Fsp3) is 0.364. The summed E-state index contributed by atoms with van der Waals surface area (Å²) in [6, 6.07) is 10.6. The van der Waals surface area contributed by atoms with Crippen molar-refractivity contribution >= 4 is 10.9 Å². The molecule has 2 aromatic carbocycles. The molecule has 0 saturated heterocycles. The number of rotatable bonds is 5. The predicted octanol–water partition coefficient (Wildman–Crippen LogP) is 4.50. The van der Waals surface area contributed by atoms with Crippen molar-refractivity contribution in [3.63, 3.8) is 0 Å². The largest absolute Gasteiger partial charge is 0.486 e. The lowest BCUT2D eigenvalue weighted by atomic mass is 9.97. The first kappa shape index (κ1) is 17.0. The molecule has 4 rings (SSSR count). The minimum Gasteiger partial charge on any atom is -0.486 e. The molecule has 0 amide bonds. The fourth-order valence-corrected chi connectivity index (χ4v) is 3.83.